The number of esters is 1. The molecule has 1 amide bonds. The summed E-state index contributed by atoms with van der Waals surface area (Å²) in [6, 6.07) is 18.3. The third kappa shape index (κ3) is 4.79. The Balaban J connectivity index is 1.87. The van der Waals surface area contributed by atoms with Crippen molar-refractivity contribution in [3.63, 3.8) is 0 Å². The van der Waals surface area contributed by atoms with Crippen molar-refractivity contribution in [2.75, 3.05) is 17.1 Å². The molecule has 3 aromatic rings. The molecule has 0 radical (unpaired) electrons. The summed E-state index contributed by atoms with van der Waals surface area (Å²) in [6.45, 7) is 0. The molecular weight excluding hydrogens is 428 g/mol. The van der Waals surface area contributed by atoms with Gasteiger partial charge in [-0.05, 0) is 42.5 Å². The summed E-state index contributed by atoms with van der Waals surface area (Å²) in [7, 11) is -2.60. The van der Waals surface area contributed by atoms with Crippen molar-refractivity contribution in [1.29, 1.82) is 0 Å². The minimum Gasteiger partial charge on any atom is -0.465 e. The monoisotopic (exact) mass is 444 g/mol. The van der Waals surface area contributed by atoms with Crippen LogP contribution in [0.15, 0.2) is 77.7 Å². The summed E-state index contributed by atoms with van der Waals surface area (Å²) in [5.41, 5.74) is 0.602. The highest BCUT2D eigenvalue weighted by Gasteiger charge is 2.18. The highest BCUT2D eigenvalue weighted by molar-refractivity contribution is 7.92. The molecule has 0 atom stereocenters. The zero-order valence-electron chi connectivity index (χ0n) is 15.8. The molecule has 7 nitrogen and oxygen atoms in total. The van der Waals surface area contributed by atoms with E-state index in [2.05, 4.69) is 10.0 Å². The van der Waals surface area contributed by atoms with Crippen LogP contribution in [-0.4, -0.2) is 27.4 Å². The molecule has 30 heavy (non-hydrogen) atoms. The van der Waals surface area contributed by atoms with Crippen molar-refractivity contribution in [3.05, 3.63) is 88.9 Å². The summed E-state index contributed by atoms with van der Waals surface area (Å²) in [5, 5.41) is 2.72. The van der Waals surface area contributed by atoms with Gasteiger partial charge in [-0.1, -0.05) is 41.9 Å². The Labute approximate surface area is 178 Å². The second-order valence-electron chi connectivity index (χ2n) is 6.10. The van der Waals surface area contributed by atoms with Gasteiger partial charge < -0.3 is 10.1 Å². The number of ether oxygens (including phenoxy) is 1. The first-order valence-electron chi connectivity index (χ1n) is 8.68. The molecule has 0 unspecified atom stereocenters. The van der Waals surface area contributed by atoms with Gasteiger partial charge in [-0.15, -0.1) is 0 Å². The normalized spacial score (nSPS) is 10.9. The minimum atomic E-state index is -3.83. The summed E-state index contributed by atoms with van der Waals surface area (Å²) in [5.74, 6) is -1.22. The zero-order valence-corrected chi connectivity index (χ0v) is 17.3. The van der Waals surface area contributed by atoms with Crippen LogP contribution in [0.25, 0.3) is 0 Å². The SMILES string of the molecule is COC(=O)c1ccccc1NC(=O)c1cc(NS(=O)(=O)c2ccccc2)ccc1Cl. The van der Waals surface area contributed by atoms with Crippen LogP contribution in [0.2, 0.25) is 5.02 Å². The third-order valence-electron chi connectivity index (χ3n) is 4.10. The summed E-state index contributed by atoms with van der Waals surface area (Å²) in [6.07, 6.45) is 0. The second kappa shape index (κ2) is 8.98. The molecule has 0 aliphatic heterocycles. The number of sulfonamides is 1. The van der Waals surface area contributed by atoms with Gasteiger partial charge >= 0.3 is 5.97 Å². The Morgan fingerprint density at radius 2 is 1.57 bits per heavy atom. The lowest BCUT2D eigenvalue weighted by Crippen LogP contribution is -2.17. The highest BCUT2D eigenvalue weighted by atomic mass is 35.5. The van der Waals surface area contributed by atoms with Crippen molar-refractivity contribution in [3.8, 4) is 0 Å². The molecule has 0 spiro atoms. The smallest absolute Gasteiger partial charge is 0.339 e. The van der Waals surface area contributed by atoms with Gasteiger partial charge in [0.1, 0.15) is 0 Å². The van der Waals surface area contributed by atoms with E-state index < -0.39 is 21.9 Å². The molecule has 0 aliphatic carbocycles. The van der Waals surface area contributed by atoms with Crippen molar-refractivity contribution in [1.82, 2.24) is 0 Å². The topological polar surface area (TPSA) is 102 Å². The van der Waals surface area contributed by atoms with Crippen LogP contribution in [0.4, 0.5) is 11.4 Å². The number of halogens is 1. The first-order valence-corrected chi connectivity index (χ1v) is 10.5. The van der Waals surface area contributed by atoms with Crippen LogP contribution in [0, 0.1) is 0 Å². The zero-order chi connectivity index (χ0) is 21.7. The number of para-hydroxylation sites is 1. The van der Waals surface area contributed by atoms with Gasteiger partial charge in [-0.3, -0.25) is 9.52 Å². The van der Waals surface area contributed by atoms with Gasteiger partial charge in [0.2, 0.25) is 0 Å². The number of benzene rings is 3. The van der Waals surface area contributed by atoms with E-state index in [1.54, 1.807) is 36.4 Å². The van der Waals surface area contributed by atoms with Crippen LogP contribution >= 0.6 is 11.6 Å². The lowest BCUT2D eigenvalue weighted by atomic mass is 10.1. The Bertz CT molecular complexity index is 1200. The van der Waals surface area contributed by atoms with Crippen LogP contribution in [0.5, 0.6) is 0 Å². The number of anilines is 2. The maximum Gasteiger partial charge on any atom is 0.339 e. The Hall–Kier alpha value is -3.36. The lowest BCUT2D eigenvalue weighted by Gasteiger charge is -2.12. The van der Waals surface area contributed by atoms with E-state index in [0.29, 0.717) is 0 Å². The minimum absolute atomic E-state index is 0.0320. The first-order chi connectivity index (χ1) is 14.3. The standard InChI is InChI=1S/C21H17ClN2O5S/c1-29-21(26)16-9-5-6-10-19(16)23-20(25)17-13-14(11-12-18(17)22)24-30(27,28)15-7-3-2-4-8-15/h2-13,24H,1H3,(H,23,25). The molecule has 0 bridgehead atoms. The first kappa shape index (κ1) is 21.4. The van der Waals surface area contributed by atoms with E-state index in [4.69, 9.17) is 16.3 Å². The average Bonchev–Trinajstić information content (AvgIpc) is 2.75. The number of carbonyl (C=O) groups is 2. The molecule has 3 rings (SSSR count). The van der Waals surface area contributed by atoms with Crippen molar-refractivity contribution in [2.24, 2.45) is 0 Å². The molecular formula is C21H17ClN2O5S. The predicted octanol–water partition coefficient (Wildman–Crippen LogP) is 4.18. The number of hydrogen-bond acceptors (Lipinski definition) is 5. The van der Waals surface area contributed by atoms with Crippen molar-refractivity contribution in [2.45, 2.75) is 4.90 Å². The summed E-state index contributed by atoms with van der Waals surface area (Å²) >= 11 is 6.15. The van der Waals surface area contributed by atoms with Crippen LogP contribution in [0.1, 0.15) is 20.7 Å². The van der Waals surface area contributed by atoms with E-state index in [-0.39, 0.29) is 32.4 Å². The molecule has 0 saturated carbocycles. The fourth-order valence-electron chi connectivity index (χ4n) is 2.65. The fraction of sp³-hybridized carbons (Fsp3) is 0.0476. The highest BCUT2D eigenvalue weighted by Crippen LogP contribution is 2.25. The number of nitrogens with one attached hydrogen (secondary N) is 2. The third-order valence-corrected chi connectivity index (χ3v) is 5.82. The molecule has 0 saturated heterocycles. The van der Waals surface area contributed by atoms with E-state index in [1.807, 2.05) is 0 Å². The quantitative estimate of drug-likeness (QED) is 0.555. The van der Waals surface area contributed by atoms with Gasteiger partial charge in [0.25, 0.3) is 15.9 Å². The molecule has 154 valence electrons. The molecule has 3 aromatic carbocycles. The number of rotatable bonds is 6. The van der Waals surface area contributed by atoms with Gasteiger partial charge in [0, 0.05) is 5.69 Å². The largest absolute Gasteiger partial charge is 0.465 e. The van der Waals surface area contributed by atoms with E-state index in [1.165, 1.54) is 43.5 Å². The molecule has 0 heterocycles. The van der Waals surface area contributed by atoms with Crippen molar-refractivity contribution < 1.29 is 22.7 Å². The van der Waals surface area contributed by atoms with Crippen LogP contribution in [-0.2, 0) is 14.8 Å². The Kier molecular flexibility index (Phi) is 6.39. The maximum absolute atomic E-state index is 12.8. The fourth-order valence-corrected chi connectivity index (χ4v) is 3.92. The van der Waals surface area contributed by atoms with Crippen LogP contribution in [0.3, 0.4) is 0 Å². The maximum atomic E-state index is 12.8. The number of amides is 1. The Morgan fingerprint density at radius 3 is 2.27 bits per heavy atom. The van der Waals surface area contributed by atoms with Gasteiger partial charge in [-0.2, -0.15) is 0 Å². The summed E-state index contributed by atoms with van der Waals surface area (Å²) in [4.78, 5) is 24.7. The number of carbonyl (C=O) groups excluding carboxylic acids is 2. The van der Waals surface area contributed by atoms with Crippen LogP contribution < -0.4 is 10.0 Å². The molecule has 0 fully saturated rings. The van der Waals surface area contributed by atoms with E-state index >= 15 is 0 Å². The average molecular weight is 445 g/mol. The Morgan fingerprint density at radius 1 is 0.900 bits per heavy atom. The molecule has 0 aliphatic rings. The van der Waals surface area contributed by atoms with E-state index in [0.717, 1.165) is 0 Å². The number of hydrogen-bond donors (Lipinski definition) is 2. The van der Waals surface area contributed by atoms with Gasteiger partial charge in [0.05, 0.1) is 33.8 Å². The molecule has 0 aromatic heterocycles. The molecule has 2 N–H and O–H groups in total. The van der Waals surface area contributed by atoms with Gasteiger partial charge in [0.15, 0.2) is 0 Å². The van der Waals surface area contributed by atoms with Crippen molar-refractivity contribution >= 4 is 44.9 Å². The summed E-state index contributed by atoms with van der Waals surface area (Å²) < 4.78 is 32.2. The van der Waals surface area contributed by atoms with E-state index in [9.17, 15) is 18.0 Å². The molecule has 9 heteroatoms. The lowest BCUT2D eigenvalue weighted by molar-refractivity contribution is 0.0602. The van der Waals surface area contributed by atoms with Gasteiger partial charge in [-0.25, -0.2) is 13.2 Å². The predicted molar refractivity (Wildman–Crippen MR) is 114 cm³/mol. The number of methoxy groups -OCH3 is 1. The second-order valence-corrected chi connectivity index (χ2v) is 8.19.